The molecule has 2 atom stereocenters. The molecule has 0 unspecified atom stereocenters. The number of nitrogens with zero attached hydrogens (tertiary/aromatic N) is 2. The van der Waals surface area contributed by atoms with E-state index in [-0.39, 0.29) is 24.2 Å². The maximum absolute atomic E-state index is 13.6. The molecule has 0 radical (unpaired) electrons. The molecule has 0 saturated carbocycles. The summed E-state index contributed by atoms with van der Waals surface area (Å²) in [6, 6.07) is 11.1. The lowest BCUT2D eigenvalue weighted by Gasteiger charge is -2.32. The van der Waals surface area contributed by atoms with E-state index < -0.39 is 28.5 Å². The number of methoxy groups -OCH3 is 2. The van der Waals surface area contributed by atoms with Crippen molar-refractivity contribution < 1.29 is 27.5 Å². The summed E-state index contributed by atoms with van der Waals surface area (Å²) in [4.78, 5) is 27.9. The summed E-state index contributed by atoms with van der Waals surface area (Å²) in [6.07, 6.45) is 1.76. The molecule has 11 heteroatoms. The number of rotatable bonds is 12. The molecule has 0 saturated heterocycles. The van der Waals surface area contributed by atoms with E-state index in [0.29, 0.717) is 11.5 Å². The Morgan fingerprint density at radius 2 is 1.72 bits per heavy atom. The van der Waals surface area contributed by atoms with Crippen LogP contribution < -0.4 is 19.1 Å². The predicted octanol–water partition coefficient (Wildman–Crippen LogP) is 3.56. The second-order valence-corrected chi connectivity index (χ2v) is 11.3. The molecule has 2 amide bonds. The normalized spacial score (nSPS) is 12.9. The van der Waals surface area contributed by atoms with Gasteiger partial charge in [0.1, 0.15) is 12.6 Å². The highest BCUT2D eigenvalue weighted by atomic mass is 79.9. The van der Waals surface area contributed by atoms with E-state index in [4.69, 9.17) is 9.47 Å². The average molecular weight is 585 g/mol. The molecule has 0 bridgehead atoms. The lowest BCUT2D eigenvalue weighted by molar-refractivity contribution is -0.139. The molecular formula is C25H34BrN3O6S. The molecule has 1 N–H and O–H groups in total. The zero-order valence-corrected chi connectivity index (χ0v) is 23.9. The minimum atomic E-state index is -3.86. The Morgan fingerprint density at radius 3 is 2.28 bits per heavy atom. The first-order chi connectivity index (χ1) is 16.9. The maximum atomic E-state index is 13.6. The van der Waals surface area contributed by atoms with Crippen molar-refractivity contribution in [1.82, 2.24) is 10.2 Å². The topological polar surface area (TPSA) is 105 Å². The number of amides is 2. The molecule has 0 aliphatic carbocycles. The van der Waals surface area contributed by atoms with Gasteiger partial charge in [-0.2, -0.15) is 0 Å². The zero-order chi connectivity index (χ0) is 27.0. The van der Waals surface area contributed by atoms with Gasteiger partial charge in [-0.25, -0.2) is 8.42 Å². The Balaban J connectivity index is 2.44. The van der Waals surface area contributed by atoms with Crippen molar-refractivity contribution in [3.63, 3.8) is 0 Å². The predicted molar refractivity (Wildman–Crippen MR) is 144 cm³/mol. The van der Waals surface area contributed by atoms with Crippen LogP contribution in [0.15, 0.2) is 46.9 Å². The Morgan fingerprint density at radius 1 is 1.06 bits per heavy atom. The number of hydrogen-bond donors (Lipinski definition) is 1. The molecule has 0 heterocycles. The molecule has 0 aromatic heterocycles. The van der Waals surface area contributed by atoms with Crippen LogP contribution in [0.4, 0.5) is 5.69 Å². The second kappa shape index (κ2) is 13.0. The van der Waals surface area contributed by atoms with Crippen molar-refractivity contribution in [2.24, 2.45) is 0 Å². The van der Waals surface area contributed by atoms with Crippen molar-refractivity contribution in [1.29, 1.82) is 0 Å². The first-order valence-electron chi connectivity index (χ1n) is 11.4. The zero-order valence-electron chi connectivity index (χ0n) is 21.4. The third kappa shape index (κ3) is 7.86. The van der Waals surface area contributed by atoms with E-state index >= 15 is 0 Å². The standard InChI is InChI=1S/C25H34BrN3O6S/c1-7-17(2)27-25(31)18(3)28(15-19-9-8-10-20(26)13-19)24(30)16-29(36(6,32)33)21-11-12-22(34-4)23(14-21)35-5/h8-14,17-18H,7,15-16H2,1-6H3,(H,27,31)/t17-,18+/m0/s1. The molecular weight excluding hydrogens is 550 g/mol. The summed E-state index contributed by atoms with van der Waals surface area (Å²) in [6.45, 7) is 5.09. The Kier molecular flexibility index (Phi) is 10.6. The van der Waals surface area contributed by atoms with Gasteiger partial charge >= 0.3 is 0 Å². The van der Waals surface area contributed by atoms with Crippen molar-refractivity contribution in [2.75, 3.05) is 31.3 Å². The van der Waals surface area contributed by atoms with Gasteiger partial charge < -0.3 is 19.7 Å². The van der Waals surface area contributed by atoms with E-state index in [1.165, 1.54) is 31.3 Å². The minimum Gasteiger partial charge on any atom is -0.493 e. The molecule has 0 fully saturated rings. The fourth-order valence-corrected chi connectivity index (χ4v) is 4.76. The summed E-state index contributed by atoms with van der Waals surface area (Å²) >= 11 is 3.43. The van der Waals surface area contributed by atoms with Crippen LogP contribution in [-0.4, -0.2) is 64.2 Å². The van der Waals surface area contributed by atoms with Gasteiger partial charge in [-0.3, -0.25) is 13.9 Å². The lowest BCUT2D eigenvalue weighted by atomic mass is 10.1. The lowest BCUT2D eigenvalue weighted by Crippen LogP contribution is -2.52. The van der Waals surface area contributed by atoms with Gasteiger partial charge in [-0.05, 0) is 50.1 Å². The van der Waals surface area contributed by atoms with Crippen LogP contribution in [0.25, 0.3) is 0 Å². The number of nitrogens with one attached hydrogen (secondary N) is 1. The summed E-state index contributed by atoms with van der Waals surface area (Å²) < 4.78 is 37.8. The number of ether oxygens (including phenoxy) is 2. The highest BCUT2D eigenvalue weighted by Gasteiger charge is 2.30. The van der Waals surface area contributed by atoms with Crippen LogP contribution in [0.1, 0.15) is 32.8 Å². The number of benzene rings is 2. The van der Waals surface area contributed by atoms with E-state index in [2.05, 4.69) is 21.2 Å². The van der Waals surface area contributed by atoms with Gasteiger partial charge in [0, 0.05) is 23.1 Å². The van der Waals surface area contributed by atoms with E-state index in [1.807, 2.05) is 38.1 Å². The first kappa shape index (κ1) is 29.4. The molecule has 2 rings (SSSR count). The third-order valence-corrected chi connectivity index (χ3v) is 7.38. The molecule has 2 aromatic carbocycles. The van der Waals surface area contributed by atoms with Crippen LogP contribution in [0, 0.1) is 0 Å². The molecule has 2 aromatic rings. The van der Waals surface area contributed by atoms with Gasteiger partial charge in [-0.1, -0.05) is 35.0 Å². The van der Waals surface area contributed by atoms with Crippen LogP contribution >= 0.6 is 15.9 Å². The quantitative estimate of drug-likeness (QED) is 0.409. The monoisotopic (exact) mass is 583 g/mol. The fourth-order valence-electron chi connectivity index (χ4n) is 3.47. The Labute approximate surface area is 221 Å². The minimum absolute atomic E-state index is 0.0675. The summed E-state index contributed by atoms with van der Waals surface area (Å²) in [5.74, 6) is -0.0947. The molecule has 0 aliphatic heterocycles. The highest BCUT2D eigenvalue weighted by Crippen LogP contribution is 2.32. The van der Waals surface area contributed by atoms with E-state index in [9.17, 15) is 18.0 Å². The Bertz CT molecular complexity index is 1170. The molecule has 36 heavy (non-hydrogen) atoms. The van der Waals surface area contributed by atoms with Gasteiger partial charge in [0.15, 0.2) is 11.5 Å². The first-order valence-corrected chi connectivity index (χ1v) is 14.1. The average Bonchev–Trinajstić information content (AvgIpc) is 2.83. The number of anilines is 1. The van der Waals surface area contributed by atoms with Crippen LogP contribution in [-0.2, 0) is 26.2 Å². The largest absolute Gasteiger partial charge is 0.493 e. The van der Waals surface area contributed by atoms with Crippen LogP contribution in [0.2, 0.25) is 0 Å². The molecule has 9 nitrogen and oxygen atoms in total. The van der Waals surface area contributed by atoms with Crippen LogP contribution in [0.5, 0.6) is 11.5 Å². The molecule has 0 spiro atoms. The SMILES string of the molecule is CC[C@H](C)NC(=O)[C@@H](C)N(Cc1cccc(Br)c1)C(=O)CN(c1ccc(OC)c(OC)c1)S(C)(=O)=O. The smallest absolute Gasteiger partial charge is 0.244 e. The van der Waals surface area contributed by atoms with Crippen molar-refractivity contribution in [3.8, 4) is 11.5 Å². The van der Waals surface area contributed by atoms with Crippen molar-refractivity contribution >= 4 is 43.5 Å². The summed E-state index contributed by atoms with van der Waals surface area (Å²) in [5, 5.41) is 2.90. The van der Waals surface area contributed by atoms with E-state index in [0.717, 1.165) is 27.0 Å². The van der Waals surface area contributed by atoms with Gasteiger partial charge in [-0.15, -0.1) is 0 Å². The fraction of sp³-hybridized carbons (Fsp3) is 0.440. The number of halogens is 1. The molecule has 198 valence electrons. The van der Waals surface area contributed by atoms with Gasteiger partial charge in [0.05, 0.1) is 26.2 Å². The summed E-state index contributed by atoms with van der Waals surface area (Å²) in [7, 11) is -0.946. The number of sulfonamides is 1. The van der Waals surface area contributed by atoms with E-state index in [1.54, 1.807) is 13.0 Å². The van der Waals surface area contributed by atoms with Gasteiger partial charge in [0.25, 0.3) is 0 Å². The molecule has 0 aliphatic rings. The second-order valence-electron chi connectivity index (χ2n) is 8.45. The number of carbonyl (C=O) groups is 2. The number of hydrogen-bond acceptors (Lipinski definition) is 6. The Hall–Kier alpha value is -2.79. The number of carbonyl (C=O) groups excluding carboxylic acids is 2. The van der Waals surface area contributed by atoms with Crippen LogP contribution in [0.3, 0.4) is 0 Å². The highest BCUT2D eigenvalue weighted by molar-refractivity contribution is 9.10. The summed E-state index contributed by atoms with van der Waals surface area (Å²) in [5.41, 5.74) is 1.03. The van der Waals surface area contributed by atoms with Crippen molar-refractivity contribution in [3.05, 3.63) is 52.5 Å². The maximum Gasteiger partial charge on any atom is 0.244 e. The van der Waals surface area contributed by atoms with Gasteiger partial charge in [0.2, 0.25) is 21.8 Å². The third-order valence-electron chi connectivity index (χ3n) is 5.74. The van der Waals surface area contributed by atoms with Crippen molar-refractivity contribution in [2.45, 2.75) is 45.8 Å².